The number of rotatable bonds is 3. The Labute approximate surface area is 111 Å². The van der Waals surface area contributed by atoms with Crippen LogP contribution < -0.4 is 0 Å². The standard InChI is InChI=1S/C13H8BrFO3/c14-8-1-4-10(11(15)7-8)12-5-2-9(18-12)3-6-13(16)17/h1-7H,(H,16,17). The van der Waals surface area contributed by atoms with Gasteiger partial charge in [-0.25, -0.2) is 9.18 Å². The summed E-state index contributed by atoms with van der Waals surface area (Å²) in [6.45, 7) is 0. The van der Waals surface area contributed by atoms with Crippen molar-refractivity contribution in [2.75, 3.05) is 0 Å². The van der Waals surface area contributed by atoms with Crippen LogP contribution in [0.4, 0.5) is 4.39 Å². The van der Waals surface area contributed by atoms with Crippen LogP contribution in [0, 0.1) is 5.82 Å². The third kappa shape index (κ3) is 2.87. The number of benzene rings is 1. The first-order valence-electron chi connectivity index (χ1n) is 5.02. The quantitative estimate of drug-likeness (QED) is 0.873. The zero-order chi connectivity index (χ0) is 13.1. The summed E-state index contributed by atoms with van der Waals surface area (Å²) in [5.41, 5.74) is 0.327. The van der Waals surface area contributed by atoms with Gasteiger partial charge < -0.3 is 9.52 Å². The third-order valence-corrected chi connectivity index (χ3v) is 2.71. The van der Waals surface area contributed by atoms with Crippen molar-refractivity contribution in [3.63, 3.8) is 0 Å². The van der Waals surface area contributed by atoms with Crippen molar-refractivity contribution in [3.8, 4) is 11.3 Å². The van der Waals surface area contributed by atoms with Crippen molar-refractivity contribution in [3.05, 3.63) is 52.5 Å². The molecule has 0 spiro atoms. The van der Waals surface area contributed by atoms with Gasteiger partial charge in [-0.1, -0.05) is 15.9 Å². The molecule has 0 unspecified atom stereocenters. The molecule has 0 bridgehead atoms. The number of furan rings is 1. The molecule has 1 aromatic carbocycles. The number of carbonyl (C=O) groups is 1. The fraction of sp³-hybridized carbons (Fsp3) is 0. The van der Waals surface area contributed by atoms with E-state index < -0.39 is 11.8 Å². The van der Waals surface area contributed by atoms with Crippen LogP contribution in [-0.4, -0.2) is 11.1 Å². The van der Waals surface area contributed by atoms with Crippen LogP contribution in [0.2, 0.25) is 0 Å². The van der Waals surface area contributed by atoms with Gasteiger partial charge >= 0.3 is 5.97 Å². The molecule has 0 aliphatic rings. The zero-order valence-corrected chi connectivity index (χ0v) is 10.6. The Bertz CT molecular complexity index is 616. The van der Waals surface area contributed by atoms with Crippen LogP contribution in [0.5, 0.6) is 0 Å². The maximum Gasteiger partial charge on any atom is 0.328 e. The highest BCUT2D eigenvalue weighted by molar-refractivity contribution is 9.10. The van der Waals surface area contributed by atoms with Crippen molar-refractivity contribution in [2.24, 2.45) is 0 Å². The SMILES string of the molecule is O=C(O)C=Cc1ccc(-c2ccc(Br)cc2F)o1. The van der Waals surface area contributed by atoms with Crippen LogP contribution in [-0.2, 0) is 4.79 Å². The van der Waals surface area contributed by atoms with Crippen LogP contribution in [0.1, 0.15) is 5.76 Å². The van der Waals surface area contributed by atoms with E-state index >= 15 is 0 Å². The highest BCUT2D eigenvalue weighted by Gasteiger charge is 2.09. The van der Waals surface area contributed by atoms with Gasteiger partial charge in [-0.2, -0.15) is 0 Å². The molecule has 0 saturated carbocycles. The lowest BCUT2D eigenvalue weighted by Gasteiger charge is -1.99. The first-order chi connectivity index (χ1) is 8.56. The third-order valence-electron chi connectivity index (χ3n) is 2.21. The van der Waals surface area contributed by atoms with Crippen LogP contribution in [0.25, 0.3) is 17.4 Å². The second kappa shape index (κ2) is 5.18. The fourth-order valence-corrected chi connectivity index (χ4v) is 1.76. The Hall–Kier alpha value is -1.88. The summed E-state index contributed by atoms with van der Waals surface area (Å²) in [5, 5.41) is 8.48. The summed E-state index contributed by atoms with van der Waals surface area (Å²) in [6.07, 6.45) is 2.27. The molecule has 0 amide bonds. The molecule has 18 heavy (non-hydrogen) atoms. The number of halogens is 2. The Morgan fingerprint density at radius 1 is 1.33 bits per heavy atom. The molecule has 1 aromatic heterocycles. The summed E-state index contributed by atoms with van der Waals surface area (Å²) in [5.74, 6) is -0.769. The van der Waals surface area contributed by atoms with E-state index in [0.717, 1.165) is 6.08 Å². The Morgan fingerprint density at radius 3 is 2.78 bits per heavy atom. The molecule has 0 radical (unpaired) electrons. The van der Waals surface area contributed by atoms with Gasteiger partial charge in [0.15, 0.2) is 0 Å². The first-order valence-corrected chi connectivity index (χ1v) is 5.82. The van der Waals surface area contributed by atoms with Gasteiger partial charge in [0.05, 0.1) is 5.56 Å². The average molecular weight is 311 g/mol. The second-order valence-electron chi connectivity index (χ2n) is 3.50. The second-order valence-corrected chi connectivity index (χ2v) is 4.41. The minimum absolute atomic E-state index is 0.327. The minimum Gasteiger partial charge on any atom is -0.478 e. The molecule has 1 N–H and O–H groups in total. The minimum atomic E-state index is -1.07. The molecule has 2 rings (SSSR count). The van der Waals surface area contributed by atoms with Crippen LogP contribution in [0.3, 0.4) is 0 Å². The van der Waals surface area contributed by atoms with E-state index in [9.17, 15) is 9.18 Å². The number of hydrogen-bond acceptors (Lipinski definition) is 2. The largest absolute Gasteiger partial charge is 0.478 e. The molecule has 0 saturated heterocycles. The number of hydrogen-bond donors (Lipinski definition) is 1. The molecule has 0 aliphatic carbocycles. The summed E-state index contributed by atoms with van der Waals surface area (Å²) >= 11 is 3.17. The maximum absolute atomic E-state index is 13.7. The first kappa shape index (κ1) is 12.6. The molecular weight excluding hydrogens is 303 g/mol. The molecule has 2 aromatic rings. The van der Waals surface area contributed by atoms with Crippen molar-refractivity contribution in [2.45, 2.75) is 0 Å². The molecule has 3 nitrogen and oxygen atoms in total. The highest BCUT2D eigenvalue weighted by atomic mass is 79.9. The normalized spacial score (nSPS) is 11.0. The summed E-state index contributed by atoms with van der Waals surface area (Å²) in [4.78, 5) is 10.3. The monoisotopic (exact) mass is 310 g/mol. The summed E-state index contributed by atoms with van der Waals surface area (Å²) < 4.78 is 19.6. The molecule has 0 aliphatic heterocycles. The lowest BCUT2D eigenvalue weighted by atomic mass is 10.1. The van der Waals surface area contributed by atoms with E-state index in [1.54, 1.807) is 24.3 Å². The van der Waals surface area contributed by atoms with Gasteiger partial charge in [-0.05, 0) is 36.4 Å². The number of carboxylic acid groups (broad SMARTS) is 1. The van der Waals surface area contributed by atoms with E-state index in [4.69, 9.17) is 9.52 Å². The molecule has 0 atom stereocenters. The Morgan fingerprint density at radius 2 is 2.11 bits per heavy atom. The van der Waals surface area contributed by atoms with Gasteiger partial charge in [-0.15, -0.1) is 0 Å². The van der Waals surface area contributed by atoms with Gasteiger partial charge in [0, 0.05) is 10.5 Å². The lowest BCUT2D eigenvalue weighted by Crippen LogP contribution is -1.84. The number of carboxylic acids is 1. The van der Waals surface area contributed by atoms with Gasteiger partial charge in [0.25, 0.3) is 0 Å². The Balaban J connectivity index is 2.32. The van der Waals surface area contributed by atoms with E-state index in [0.29, 0.717) is 21.6 Å². The van der Waals surface area contributed by atoms with Gasteiger partial charge in [0.2, 0.25) is 0 Å². The van der Waals surface area contributed by atoms with Crippen LogP contribution in [0.15, 0.2) is 45.3 Å². The lowest BCUT2D eigenvalue weighted by molar-refractivity contribution is -0.131. The van der Waals surface area contributed by atoms with Crippen molar-refractivity contribution in [1.82, 2.24) is 0 Å². The van der Waals surface area contributed by atoms with E-state index in [1.165, 1.54) is 12.1 Å². The van der Waals surface area contributed by atoms with Crippen molar-refractivity contribution >= 4 is 28.0 Å². The molecule has 92 valence electrons. The molecule has 0 fully saturated rings. The van der Waals surface area contributed by atoms with Gasteiger partial charge in [-0.3, -0.25) is 0 Å². The molecule has 1 heterocycles. The summed E-state index contributed by atoms with van der Waals surface area (Å²) in [7, 11) is 0. The smallest absolute Gasteiger partial charge is 0.328 e. The van der Waals surface area contributed by atoms with Crippen molar-refractivity contribution < 1.29 is 18.7 Å². The molecular formula is C13H8BrFO3. The average Bonchev–Trinajstić information content (AvgIpc) is 2.75. The predicted molar refractivity (Wildman–Crippen MR) is 68.5 cm³/mol. The fourth-order valence-electron chi connectivity index (χ4n) is 1.43. The Kier molecular flexibility index (Phi) is 3.62. The molecule has 5 heteroatoms. The highest BCUT2D eigenvalue weighted by Crippen LogP contribution is 2.27. The topological polar surface area (TPSA) is 50.4 Å². The number of aliphatic carboxylic acids is 1. The van der Waals surface area contributed by atoms with E-state index in [1.807, 2.05) is 0 Å². The predicted octanol–water partition coefficient (Wildman–Crippen LogP) is 3.95. The van der Waals surface area contributed by atoms with E-state index in [-0.39, 0.29) is 0 Å². The van der Waals surface area contributed by atoms with Gasteiger partial charge in [0.1, 0.15) is 17.3 Å². The summed E-state index contributed by atoms with van der Waals surface area (Å²) in [6, 6.07) is 7.80. The maximum atomic E-state index is 13.7. The van der Waals surface area contributed by atoms with Crippen LogP contribution >= 0.6 is 15.9 Å². The van der Waals surface area contributed by atoms with Crippen molar-refractivity contribution in [1.29, 1.82) is 0 Å². The zero-order valence-electron chi connectivity index (χ0n) is 9.06. The van der Waals surface area contributed by atoms with E-state index in [2.05, 4.69) is 15.9 Å².